The van der Waals surface area contributed by atoms with Crippen LogP contribution >= 0.6 is 0 Å². The van der Waals surface area contributed by atoms with Crippen molar-refractivity contribution >= 4 is 0 Å². The molecule has 0 atom stereocenters. The molecular weight excluding hydrogens is 312 g/mol. The van der Waals surface area contributed by atoms with Crippen LogP contribution in [0.2, 0.25) is 0 Å². The summed E-state index contributed by atoms with van der Waals surface area (Å²) in [6.07, 6.45) is 5.83. The smallest absolute Gasteiger partial charge is 0.130 e. The average Bonchev–Trinajstić information content (AvgIpc) is 3.04. The molecular formula is C20H22N4O. The molecule has 1 aliphatic rings. The summed E-state index contributed by atoms with van der Waals surface area (Å²) in [6.45, 7) is 5.66. The molecule has 0 radical (unpaired) electrons. The van der Waals surface area contributed by atoms with E-state index in [1.54, 1.807) is 6.20 Å². The third kappa shape index (κ3) is 3.88. The average molecular weight is 334 g/mol. The Hall–Kier alpha value is -2.66. The number of ether oxygens (including phenoxy) is 1. The Kier molecular flexibility index (Phi) is 4.48. The van der Waals surface area contributed by atoms with Gasteiger partial charge in [0.2, 0.25) is 0 Å². The van der Waals surface area contributed by atoms with E-state index in [9.17, 15) is 0 Å². The SMILES string of the molecule is Cc1cnn(C2CN(Cc3ccc(OCc4ccccn4)cc3)C2)c1. The summed E-state index contributed by atoms with van der Waals surface area (Å²) in [6, 6.07) is 14.7. The van der Waals surface area contributed by atoms with Crippen LogP contribution in [0, 0.1) is 6.92 Å². The summed E-state index contributed by atoms with van der Waals surface area (Å²) >= 11 is 0. The first-order valence-corrected chi connectivity index (χ1v) is 8.61. The third-order valence-corrected chi connectivity index (χ3v) is 4.49. The van der Waals surface area contributed by atoms with Gasteiger partial charge in [-0.05, 0) is 42.3 Å². The minimum Gasteiger partial charge on any atom is -0.487 e. The maximum Gasteiger partial charge on any atom is 0.130 e. The summed E-state index contributed by atoms with van der Waals surface area (Å²) < 4.78 is 7.87. The Morgan fingerprint density at radius 2 is 1.96 bits per heavy atom. The maximum absolute atomic E-state index is 5.78. The quantitative estimate of drug-likeness (QED) is 0.694. The molecule has 1 aromatic carbocycles. The molecule has 5 heteroatoms. The van der Waals surface area contributed by atoms with E-state index in [1.807, 2.05) is 36.5 Å². The maximum atomic E-state index is 5.78. The minimum absolute atomic E-state index is 0.497. The number of benzene rings is 1. The number of nitrogens with zero attached hydrogens (tertiary/aromatic N) is 4. The molecule has 3 heterocycles. The Bertz CT molecular complexity index is 807. The zero-order valence-electron chi connectivity index (χ0n) is 14.4. The highest BCUT2D eigenvalue weighted by Gasteiger charge is 2.28. The summed E-state index contributed by atoms with van der Waals surface area (Å²) in [5, 5.41) is 4.40. The van der Waals surface area contributed by atoms with Crippen LogP contribution in [-0.4, -0.2) is 32.8 Å². The summed E-state index contributed by atoms with van der Waals surface area (Å²) in [5.74, 6) is 0.878. The molecule has 1 saturated heterocycles. The molecule has 3 aromatic rings. The van der Waals surface area contributed by atoms with Gasteiger partial charge in [-0.25, -0.2) is 0 Å². The van der Waals surface area contributed by atoms with E-state index < -0.39 is 0 Å². The van der Waals surface area contributed by atoms with Crippen LogP contribution in [0.1, 0.15) is 22.9 Å². The first-order chi connectivity index (χ1) is 12.3. The van der Waals surface area contributed by atoms with E-state index >= 15 is 0 Å². The zero-order chi connectivity index (χ0) is 17.1. The van der Waals surface area contributed by atoms with Gasteiger partial charge in [0.1, 0.15) is 12.4 Å². The first kappa shape index (κ1) is 15.8. The highest BCUT2D eigenvalue weighted by atomic mass is 16.5. The molecule has 0 N–H and O–H groups in total. The number of aromatic nitrogens is 3. The van der Waals surface area contributed by atoms with E-state index in [4.69, 9.17) is 4.74 Å². The van der Waals surface area contributed by atoms with Gasteiger partial charge in [-0.3, -0.25) is 14.6 Å². The van der Waals surface area contributed by atoms with Crippen molar-refractivity contribution in [1.29, 1.82) is 0 Å². The van der Waals surface area contributed by atoms with Gasteiger partial charge in [0.15, 0.2) is 0 Å². The fourth-order valence-corrected chi connectivity index (χ4v) is 3.06. The molecule has 25 heavy (non-hydrogen) atoms. The molecule has 128 valence electrons. The van der Waals surface area contributed by atoms with Crippen LogP contribution in [0.3, 0.4) is 0 Å². The molecule has 0 saturated carbocycles. The molecule has 4 rings (SSSR count). The predicted molar refractivity (Wildman–Crippen MR) is 96.3 cm³/mol. The van der Waals surface area contributed by atoms with Crippen LogP contribution in [0.15, 0.2) is 61.1 Å². The molecule has 0 aliphatic carbocycles. The Balaban J connectivity index is 1.25. The van der Waals surface area contributed by atoms with Crippen molar-refractivity contribution in [2.45, 2.75) is 26.1 Å². The van der Waals surface area contributed by atoms with Crippen LogP contribution in [0.5, 0.6) is 5.75 Å². The van der Waals surface area contributed by atoms with Crippen molar-refractivity contribution < 1.29 is 4.74 Å². The van der Waals surface area contributed by atoms with Crippen molar-refractivity contribution in [3.05, 3.63) is 77.9 Å². The lowest BCUT2D eigenvalue weighted by atomic mass is 10.1. The Morgan fingerprint density at radius 1 is 1.12 bits per heavy atom. The van der Waals surface area contributed by atoms with Crippen LogP contribution < -0.4 is 4.74 Å². The van der Waals surface area contributed by atoms with Crippen molar-refractivity contribution in [3.63, 3.8) is 0 Å². The summed E-state index contributed by atoms with van der Waals surface area (Å²) in [5.41, 5.74) is 3.46. The van der Waals surface area contributed by atoms with Crippen molar-refractivity contribution in [1.82, 2.24) is 19.7 Å². The van der Waals surface area contributed by atoms with Crippen LogP contribution in [0.25, 0.3) is 0 Å². The number of aryl methyl sites for hydroxylation is 1. The van der Waals surface area contributed by atoms with Gasteiger partial charge in [-0.2, -0.15) is 5.10 Å². The number of hydrogen-bond donors (Lipinski definition) is 0. The number of hydrogen-bond acceptors (Lipinski definition) is 4. The normalized spacial score (nSPS) is 15.1. The summed E-state index contributed by atoms with van der Waals surface area (Å²) in [7, 11) is 0. The Labute approximate surface area is 147 Å². The lowest BCUT2D eigenvalue weighted by molar-refractivity contribution is 0.0908. The molecule has 1 aliphatic heterocycles. The van der Waals surface area contributed by atoms with Crippen molar-refractivity contribution in [3.8, 4) is 5.75 Å². The van der Waals surface area contributed by atoms with Crippen molar-refractivity contribution in [2.75, 3.05) is 13.1 Å². The minimum atomic E-state index is 0.497. The van der Waals surface area contributed by atoms with E-state index in [1.165, 1.54) is 11.1 Å². The fourth-order valence-electron chi connectivity index (χ4n) is 3.06. The highest BCUT2D eigenvalue weighted by Crippen LogP contribution is 2.23. The van der Waals surface area contributed by atoms with Gasteiger partial charge in [-0.15, -0.1) is 0 Å². The van der Waals surface area contributed by atoms with Gasteiger partial charge in [-0.1, -0.05) is 18.2 Å². The van der Waals surface area contributed by atoms with Gasteiger partial charge < -0.3 is 4.74 Å². The molecule has 2 aromatic heterocycles. The van der Waals surface area contributed by atoms with E-state index in [-0.39, 0.29) is 0 Å². The van der Waals surface area contributed by atoms with Gasteiger partial charge in [0, 0.05) is 32.0 Å². The van der Waals surface area contributed by atoms with Crippen LogP contribution in [-0.2, 0) is 13.2 Å². The molecule has 0 spiro atoms. The molecule has 0 unspecified atom stereocenters. The third-order valence-electron chi connectivity index (χ3n) is 4.49. The van der Waals surface area contributed by atoms with E-state index in [0.717, 1.165) is 31.1 Å². The zero-order valence-corrected chi connectivity index (χ0v) is 14.4. The lowest BCUT2D eigenvalue weighted by Gasteiger charge is -2.39. The number of likely N-dealkylation sites (tertiary alicyclic amines) is 1. The standard InChI is InChI=1S/C20H22N4O/c1-16-10-22-24(11-16)19-13-23(14-19)12-17-5-7-20(8-6-17)25-15-18-4-2-3-9-21-18/h2-11,19H,12-15H2,1H3. The monoisotopic (exact) mass is 334 g/mol. The van der Waals surface area contributed by atoms with Gasteiger partial charge in [0.05, 0.1) is 17.9 Å². The Morgan fingerprint density at radius 3 is 2.64 bits per heavy atom. The molecule has 0 bridgehead atoms. The fraction of sp³-hybridized carbons (Fsp3) is 0.300. The van der Waals surface area contributed by atoms with E-state index in [2.05, 4.69) is 44.9 Å². The molecule has 5 nitrogen and oxygen atoms in total. The predicted octanol–water partition coefficient (Wildman–Crippen LogP) is 3.22. The lowest BCUT2D eigenvalue weighted by Crippen LogP contribution is -2.47. The van der Waals surface area contributed by atoms with Gasteiger partial charge >= 0.3 is 0 Å². The second-order valence-corrected chi connectivity index (χ2v) is 6.60. The number of pyridine rings is 1. The second kappa shape index (κ2) is 7.07. The molecule has 0 amide bonds. The van der Waals surface area contributed by atoms with Crippen LogP contribution in [0.4, 0.5) is 0 Å². The van der Waals surface area contributed by atoms with Gasteiger partial charge in [0.25, 0.3) is 0 Å². The largest absolute Gasteiger partial charge is 0.487 e. The second-order valence-electron chi connectivity index (χ2n) is 6.60. The number of rotatable bonds is 6. The highest BCUT2D eigenvalue weighted by molar-refractivity contribution is 5.27. The molecule has 1 fully saturated rings. The summed E-state index contributed by atoms with van der Waals surface area (Å²) in [4.78, 5) is 6.70. The topological polar surface area (TPSA) is 43.2 Å². The van der Waals surface area contributed by atoms with Crippen molar-refractivity contribution in [2.24, 2.45) is 0 Å². The van der Waals surface area contributed by atoms with E-state index in [0.29, 0.717) is 12.6 Å². The first-order valence-electron chi connectivity index (χ1n) is 8.61.